The van der Waals surface area contributed by atoms with Crippen molar-refractivity contribution in [3.8, 4) is 0 Å². The van der Waals surface area contributed by atoms with Crippen LogP contribution in [0.3, 0.4) is 0 Å². The average Bonchev–Trinajstić information content (AvgIpc) is 3.04. The Bertz CT molecular complexity index is 1260. The largest absolute Gasteiger partial charge is 0.348 e. The third-order valence-electron chi connectivity index (χ3n) is 4.59. The van der Waals surface area contributed by atoms with Crippen LogP contribution in [-0.2, 0) is 20.6 Å². The molecular weight excluding hydrogens is 350 g/mol. The van der Waals surface area contributed by atoms with Crippen LogP contribution in [-0.4, -0.2) is 25.9 Å². The first-order valence-corrected chi connectivity index (χ1v) is 8.16. The van der Waals surface area contributed by atoms with Gasteiger partial charge in [0.25, 0.3) is 17.4 Å². The lowest BCUT2D eigenvalue weighted by molar-refractivity contribution is 0.0964. The van der Waals surface area contributed by atoms with E-state index in [0.29, 0.717) is 17.8 Å². The number of amides is 2. The molecule has 4 rings (SSSR count). The number of nitrogens with one attached hydrogen (secondary N) is 2. The van der Waals surface area contributed by atoms with E-state index < -0.39 is 17.2 Å². The molecule has 0 aliphatic carbocycles. The summed E-state index contributed by atoms with van der Waals surface area (Å²) in [6, 6.07) is 7.95. The van der Waals surface area contributed by atoms with Crippen LogP contribution in [0.2, 0.25) is 0 Å². The van der Waals surface area contributed by atoms with Gasteiger partial charge >= 0.3 is 5.69 Å². The number of carbonyl (C=O) groups excluding carboxylic acids is 2. The molecule has 9 nitrogen and oxygen atoms in total. The molecule has 3 heterocycles. The molecule has 0 unspecified atom stereocenters. The van der Waals surface area contributed by atoms with Crippen LogP contribution in [0.25, 0.3) is 11.0 Å². The number of aromatic nitrogens is 3. The van der Waals surface area contributed by atoms with Crippen molar-refractivity contribution in [2.24, 2.45) is 14.1 Å². The van der Waals surface area contributed by atoms with Crippen LogP contribution in [0.5, 0.6) is 0 Å². The first kappa shape index (κ1) is 16.7. The minimum absolute atomic E-state index is 0.0516. The number of fused-ring (bicyclic) bond motifs is 2. The number of hydrogen-bond donors (Lipinski definition) is 2. The quantitative estimate of drug-likeness (QED) is 0.670. The van der Waals surface area contributed by atoms with Crippen LogP contribution in [0.1, 0.15) is 26.4 Å². The third-order valence-corrected chi connectivity index (χ3v) is 4.59. The second kappa shape index (κ2) is 5.90. The molecule has 9 heteroatoms. The standard InChI is InChI=1S/C18H15N5O4/c1-22-14-11(17(26)23(2)18(22)27)5-6-13(21-14)16(25)20-10-4-3-9-8-19-15(24)12(9)7-10/h3-7H,8H2,1-2H3,(H,19,24)(H,20,25). The topological polar surface area (TPSA) is 115 Å². The van der Waals surface area contributed by atoms with E-state index in [0.717, 1.165) is 10.1 Å². The summed E-state index contributed by atoms with van der Waals surface area (Å²) in [4.78, 5) is 52.7. The molecule has 2 amide bonds. The summed E-state index contributed by atoms with van der Waals surface area (Å²) >= 11 is 0. The Hall–Kier alpha value is -3.75. The highest BCUT2D eigenvalue weighted by Gasteiger charge is 2.20. The molecule has 0 saturated heterocycles. The Labute approximate surface area is 152 Å². The van der Waals surface area contributed by atoms with Gasteiger partial charge in [-0.05, 0) is 29.8 Å². The van der Waals surface area contributed by atoms with Gasteiger partial charge in [0.2, 0.25) is 0 Å². The number of hydrogen-bond acceptors (Lipinski definition) is 5. The van der Waals surface area contributed by atoms with E-state index >= 15 is 0 Å². The molecule has 2 aromatic heterocycles. The lowest BCUT2D eigenvalue weighted by Gasteiger charge is -2.09. The van der Waals surface area contributed by atoms with Crippen LogP contribution in [0.4, 0.5) is 5.69 Å². The Balaban J connectivity index is 1.72. The third kappa shape index (κ3) is 2.60. The molecule has 1 aromatic carbocycles. The number of benzene rings is 1. The second-order valence-corrected chi connectivity index (χ2v) is 6.28. The summed E-state index contributed by atoms with van der Waals surface area (Å²) in [7, 11) is 2.87. The molecule has 2 N–H and O–H groups in total. The van der Waals surface area contributed by atoms with Gasteiger partial charge in [-0.1, -0.05) is 6.07 Å². The summed E-state index contributed by atoms with van der Waals surface area (Å²) in [5.74, 6) is -0.695. The predicted octanol–water partition coefficient (Wildman–Crippen LogP) is 0.128. The van der Waals surface area contributed by atoms with E-state index in [1.165, 1.54) is 30.8 Å². The maximum absolute atomic E-state index is 12.5. The van der Waals surface area contributed by atoms with E-state index in [4.69, 9.17) is 0 Å². The number of anilines is 1. The molecule has 27 heavy (non-hydrogen) atoms. The van der Waals surface area contributed by atoms with Gasteiger partial charge in [-0.25, -0.2) is 9.78 Å². The zero-order chi connectivity index (χ0) is 19.3. The van der Waals surface area contributed by atoms with Gasteiger partial charge < -0.3 is 10.6 Å². The molecule has 0 atom stereocenters. The summed E-state index contributed by atoms with van der Waals surface area (Å²) in [5.41, 5.74) is 1.02. The van der Waals surface area contributed by atoms with Gasteiger partial charge in [0.15, 0.2) is 0 Å². The van der Waals surface area contributed by atoms with E-state index in [2.05, 4.69) is 15.6 Å². The predicted molar refractivity (Wildman–Crippen MR) is 97.8 cm³/mol. The van der Waals surface area contributed by atoms with Gasteiger partial charge in [0.1, 0.15) is 11.3 Å². The maximum atomic E-state index is 12.5. The Morgan fingerprint density at radius 2 is 1.89 bits per heavy atom. The van der Waals surface area contributed by atoms with Crippen molar-refractivity contribution in [1.82, 2.24) is 19.4 Å². The zero-order valence-electron chi connectivity index (χ0n) is 14.6. The molecule has 0 saturated carbocycles. The van der Waals surface area contributed by atoms with Crippen molar-refractivity contribution in [3.05, 3.63) is 68.0 Å². The van der Waals surface area contributed by atoms with Crippen molar-refractivity contribution in [3.63, 3.8) is 0 Å². The molecule has 0 bridgehead atoms. The van der Waals surface area contributed by atoms with Gasteiger partial charge in [0, 0.05) is 31.9 Å². The smallest absolute Gasteiger partial charge is 0.332 e. The van der Waals surface area contributed by atoms with Crippen molar-refractivity contribution in [2.45, 2.75) is 6.54 Å². The van der Waals surface area contributed by atoms with Crippen molar-refractivity contribution in [2.75, 3.05) is 5.32 Å². The molecule has 0 radical (unpaired) electrons. The molecule has 0 spiro atoms. The second-order valence-electron chi connectivity index (χ2n) is 6.28. The number of carbonyl (C=O) groups is 2. The van der Waals surface area contributed by atoms with Crippen molar-refractivity contribution < 1.29 is 9.59 Å². The maximum Gasteiger partial charge on any atom is 0.332 e. The fourth-order valence-corrected chi connectivity index (χ4v) is 3.07. The van der Waals surface area contributed by atoms with E-state index in [9.17, 15) is 19.2 Å². The summed E-state index contributed by atoms with van der Waals surface area (Å²) in [5, 5.41) is 5.63. The fourth-order valence-electron chi connectivity index (χ4n) is 3.07. The Kier molecular flexibility index (Phi) is 3.65. The highest BCUT2D eigenvalue weighted by molar-refractivity contribution is 6.05. The van der Waals surface area contributed by atoms with Crippen molar-refractivity contribution in [1.29, 1.82) is 0 Å². The van der Waals surface area contributed by atoms with Crippen LogP contribution >= 0.6 is 0 Å². The number of pyridine rings is 1. The minimum Gasteiger partial charge on any atom is -0.348 e. The summed E-state index contributed by atoms with van der Waals surface area (Å²) in [6.07, 6.45) is 0. The van der Waals surface area contributed by atoms with Crippen molar-refractivity contribution >= 4 is 28.5 Å². The first-order valence-electron chi connectivity index (χ1n) is 8.16. The highest BCUT2D eigenvalue weighted by Crippen LogP contribution is 2.20. The number of rotatable bonds is 2. The number of aryl methyl sites for hydroxylation is 1. The fraction of sp³-hybridized carbons (Fsp3) is 0.167. The first-order chi connectivity index (χ1) is 12.9. The van der Waals surface area contributed by atoms with E-state index in [1.54, 1.807) is 18.2 Å². The lowest BCUT2D eigenvalue weighted by atomic mass is 10.1. The van der Waals surface area contributed by atoms with E-state index in [-0.39, 0.29) is 22.6 Å². The molecular formula is C18H15N5O4. The van der Waals surface area contributed by atoms with Gasteiger partial charge in [0.05, 0.1) is 5.39 Å². The normalized spacial score (nSPS) is 12.7. The van der Waals surface area contributed by atoms with Crippen LogP contribution in [0, 0.1) is 0 Å². The van der Waals surface area contributed by atoms with Gasteiger partial charge in [-0.2, -0.15) is 0 Å². The molecule has 1 aliphatic rings. The Morgan fingerprint density at radius 3 is 2.67 bits per heavy atom. The molecule has 1 aliphatic heterocycles. The SMILES string of the molecule is Cn1c(=O)c2ccc(C(=O)Nc3ccc4c(c3)C(=O)NC4)nc2n(C)c1=O. The Morgan fingerprint density at radius 1 is 1.11 bits per heavy atom. The molecule has 136 valence electrons. The van der Waals surface area contributed by atoms with Crippen LogP contribution in [0.15, 0.2) is 39.9 Å². The highest BCUT2D eigenvalue weighted by atomic mass is 16.2. The van der Waals surface area contributed by atoms with Gasteiger partial charge in [-0.15, -0.1) is 0 Å². The zero-order valence-corrected chi connectivity index (χ0v) is 14.6. The van der Waals surface area contributed by atoms with Gasteiger partial charge in [-0.3, -0.25) is 23.5 Å². The van der Waals surface area contributed by atoms with E-state index in [1.807, 2.05) is 0 Å². The monoisotopic (exact) mass is 365 g/mol. The van der Waals surface area contributed by atoms with Crippen LogP contribution < -0.4 is 21.9 Å². The lowest BCUT2D eigenvalue weighted by Crippen LogP contribution is -2.37. The molecule has 3 aromatic rings. The average molecular weight is 365 g/mol. The number of nitrogens with zero attached hydrogens (tertiary/aromatic N) is 3. The molecule has 0 fully saturated rings. The summed E-state index contributed by atoms with van der Waals surface area (Å²) < 4.78 is 2.20. The minimum atomic E-state index is -0.526. The summed E-state index contributed by atoms with van der Waals surface area (Å²) in [6.45, 7) is 0.470.